The highest BCUT2D eigenvalue weighted by atomic mass is 16.3. The molecule has 0 aliphatic heterocycles. The van der Waals surface area contributed by atoms with Crippen molar-refractivity contribution in [1.82, 2.24) is 40.3 Å². The quantitative estimate of drug-likeness (QED) is 0.0369. The Labute approximate surface area is 354 Å². The summed E-state index contributed by atoms with van der Waals surface area (Å²) in [4.78, 5) is 102. The zero-order chi connectivity index (χ0) is 45.8. The lowest BCUT2D eigenvalue weighted by molar-refractivity contribution is -0.127. The second-order valence-electron chi connectivity index (χ2n) is 14.1. The molecule has 5 amide bonds. The van der Waals surface area contributed by atoms with Crippen molar-refractivity contribution >= 4 is 29.5 Å². The second kappa shape index (κ2) is 24.5. The molecule has 0 bridgehead atoms. The van der Waals surface area contributed by atoms with Gasteiger partial charge in [-0.05, 0) is 25.3 Å². The van der Waals surface area contributed by atoms with Gasteiger partial charge in [-0.1, -0.05) is 6.58 Å². The minimum absolute atomic E-state index is 0.00167. The molecule has 0 saturated heterocycles. The van der Waals surface area contributed by atoms with Crippen LogP contribution < -0.4 is 42.9 Å². The predicted molar refractivity (Wildman–Crippen MR) is 220 cm³/mol. The molecule has 0 aliphatic rings. The van der Waals surface area contributed by atoms with Gasteiger partial charge in [0.25, 0.3) is 0 Å². The molecule has 0 aliphatic carbocycles. The fourth-order valence-corrected chi connectivity index (χ4v) is 6.48. The van der Waals surface area contributed by atoms with Gasteiger partial charge in [0.1, 0.15) is 0 Å². The zero-order valence-electron chi connectivity index (χ0n) is 34.1. The lowest BCUT2D eigenvalue weighted by Gasteiger charge is -2.35. The number of nitrogens with zero attached hydrogens (tertiary/aromatic N) is 3. The van der Waals surface area contributed by atoms with Crippen LogP contribution in [0, 0.1) is 0 Å². The Balaban J connectivity index is 1.92. The van der Waals surface area contributed by atoms with Crippen LogP contribution in [-0.2, 0) is 63.2 Å². The van der Waals surface area contributed by atoms with E-state index in [0.29, 0.717) is 0 Å². The van der Waals surface area contributed by atoms with Gasteiger partial charge in [-0.25, -0.2) is 0 Å². The molecule has 22 heteroatoms. The minimum Gasteiger partial charge on any atom is -0.503 e. The highest BCUT2D eigenvalue weighted by Gasteiger charge is 2.34. The Morgan fingerprint density at radius 3 is 1.19 bits per heavy atom. The van der Waals surface area contributed by atoms with Crippen molar-refractivity contribution in [2.75, 3.05) is 26.4 Å². The van der Waals surface area contributed by atoms with Crippen molar-refractivity contribution in [2.24, 2.45) is 0 Å². The Morgan fingerprint density at radius 1 is 0.548 bits per heavy atom. The number of carbonyl (C=O) groups excluding carboxylic acids is 5. The van der Waals surface area contributed by atoms with Crippen LogP contribution >= 0.6 is 0 Å². The third-order valence-corrected chi connectivity index (χ3v) is 9.89. The van der Waals surface area contributed by atoms with E-state index in [0.717, 1.165) is 24.3 Å². The molecular formula is C40H54N8O14. The average Bonchev–Trinajstić information content (AvgIpc) is 3.24. The van der Waals surface area contributed by atoms with E-state index < -0.39 is 68.6 Å². The van der Waals surface area contributed by atoms with Crippen molar-refractivity contribution in [2.45, 2.75) is 89.8 Å². The van der Waals surface area contributed by atoms with Crippen molar-refractivity contribution in [3.63, 3.8) is 0 Å². The first-order valence-electron chi connectivity index (χ1n) is 19.7. The summed E-state index contributed by atoms with van der Waals surface area (Å²) >= 11 is 0. The number of amides is 5. The summed E-state index contributed by atoms with van der Waals surface area (Å²) in [6.45, 7) is 1.19. The lowest BCUT2D eigenvalue weighted by Crippen LogP contribution is -2.51. The number of pyridine rings is 3. The fraction of sp³-hybridized carbons (Fsp3) is 0.450. The number of aliphatic hydroxyl groups excluding tert-OH is 3. The molecular weight excluding hydrogens is 816 g/mol. The highest BCUT2D eigenvalue weighted by Crippen LogP contribution is 2.27. The van der Waals surface area contributed by atoms with E-state index in [4.69, 9.17) is 0 Å². The van der Waals surface area contributed by atoms with E-state index in [2.05, 4.69) is 33.2 Å². The van der Waals surface area contributed by atoms with E-state index in [9.17, 15) is 69.0 Å². The first-order chi connectivity index (χ1) is 29.6. The number of nitrogens with one attached hydrogen (secondary N) is 5. The molecule has 0 fully saturated rings. The normalized spacial score (nSPS) is 11.1. The number of aromatic nitrogens is 3. The summed E-state index contributed by atoms with van der Waals surface area (Å²) < 4.78 is 4.13. The lowest BCUT2D eigenvalue weighted by atomic mass is 9.83. The molecule has 0 atom stereocenters. The van der Waals surface area contributed by atoms with Crippen LogP contribution in [0.5, 0.6) is 17.2 Å². The molecule has 3 aromatic rings. The molecule has 0 radical (unpaired) electrons. The molecule has 0 saturated carbocycles. The number of hydrogen-bond donors (Lipinski definition) is 11. The van der Waals surface area contributed by atoms with Crippen LogP contribution in [0.15, 0.2) is 63.8 Å². The van der Waals surface area contributed by atoms with Crippen LogP contribution in [0.1, 0.15) is 62.0 Å². The maximum Gasteiger partial charge on any atom is 0.243 e. The van der Waals surface area contributed by atoms with Crippen LogP contribution in [0.3, 0.4) is 0 Å². The van der Waals surface area contributed by atoms with Gasteiger partial charge in [0, 0.05) is 94.2 Å². The number of carbonyl (C=O) groups is 5. The predicted octanol–water partition coefficient (Wildman–Crippen LogP) is -2.60. The summed E-state index contributed by atoms with van der Waals surface area (Å²) in [5.74, 6) is -5.01. The maximum absolute atomic E-state index is 13.5. The molecule has 0 aromatic carbocycles. The fourth-order valence-electron chi connectivity index (χ4n) is 6.48. The van der Waals surface area contributed by atoms with E-state index in [-0.39, 0.29) is 128 Å². The van der Waals surface area contributed by atoms with Gasteiger partial charge in [0.2, 0.25) is 45.8 Å². The number of hydrogen-bond acceptors (Lipinski definition) is 14. The van der Waals surface area contributed by atoms with E-state index in [1.165, 1.54) is 32.3 Å². The molecule has 3 rings (SSSR count). The molecule has 11 N–H and O–H groups in total. The molecule has 62 heavy (non-hydrogen) atoms. The Bertz CT molecular complexity index is 2030. The van der Waals surface area contributed by atoms with Gasteiger partial charge in [0.05, 0.1) is 56.5 Å². The van der Waals surface area contributed by atoms with E-state index in [1.807, 2.05) is 0 Å². The molecule has 22 nitrogen and oxygen atoms in total. The Kier molecular flexibility index (Phi) is 19.6. The summed E-state index contributed by atoms with van der Waals surface area (Å²) in [5.41, 5.74) is -3.62. The monoisotopic (exact) mass is 870 g/mol. The van der Waals surface area contributed by atoms with Gasteiger partial charge < -0.3 is 70.9 Å². The third kappa shape index (κ3) is 14.7. The number of aromatic hydroxyl groups is 3. The summed E-state index contributed by atoms with van der Waals surface area (Å²) in [6, 6.07) is 3.28. The van der Waals surface area contributed by atoms with E-state index in [1.54, 1.807) is 0 Å². The van der Waals surface area contributed by atoms with Crippen LogP contribution in [-0.4, -0.2) is 106 Å². The third-order valence-electron chi connectivity index (χ3n) is 9.89. The van der Waals surface area contributed by atoms with Crippen molar-refractivity contribution in [3.05, 3.63) is 97.2 Å². The van der Waals surface area contributed by atoms with Crippen LogP contribution in [0.4, 0.5) is 0 Å². The second-order valence-corrected chi connectivity index (χ2v) is 14.1. The largest absolute Gasteiger partial charge is 0.503 e. The Morgan fingerprint density at radius 2 is 0.887 bits per heavy atom. The van der Waals surface area contributed by atoms with E-state index >= 15 is 0 Å². The zero-order valence-corrected chi connectivity index (χ0v) is 34.1. The summed E-state index contributed by atoms with van der Waals surface area (Å²) in [6.07, 6.45) is 3.14. The number of aliphatic hydroxyl groups is 3. The maximum atomic E-state index is 13.5. The SMILES string of the molecule is C=CC(=O)NCCC(=O)NC(CCC(=O)NCc1c(O)c(=O)ccn1CCO)(CCC(=O)NCc1c(O)c(=O)ccn1CCO)CCC(=O)NCc1c(O)c(=O)ccn1CCO. The smallest absolute Gasteiger partial charge is 0.243 e. The summed E-state index contributed by atoms with van der Waals surface area (Å²) in [7, 11) is 0. The van der Waals surface area contributed by atoms with Gasteiger partial charge in [-0.15, -0.1) is 0 Å². The van der Waals surface area contributed by atoms with Gasteiger partial charge in [-0.3, -0.25) is 38.4 Å². The number of rotatable bonds is 26. The van der Waals surface area contributed by atoms with Gasteiger partial charge in [0.15, 0.2) is 17.2 Å². The first-order valence-corrected chi connectivity index (χ1v) is 19.7. The standard InChI is InChI=1S/C40H54N8O14/c1-2-32(55)41-13-6-36(59)45-40(10-3-33(56)42-23-26-37(60)29(52)7-14-46(26)17-20-49,11-4-34(57)43-24-27-38(61)30(53)8-15-47(27)18-21-50)12-5-35(58)44-25-28-39(62)31(54)9-16-48(28)19-22-51/h2,7-9,14-16,49-51,60-62H,1,3-6,10-13,17-25H2,(H,41,55)(H,42,56)(H,43,57)(H,44,58)(H,45,59). The van der Waals surface area contributed by atoms with Crippen molar-refractivity contribution in [3.8, 4) is 17.2 Å². The molecule has 0 unspecified atom stereocenters. The molecule has 3 heterocycles. The van der Waals surface area contributed by atoms with Crippen LogP contribution in [0.2, 0.25) is 0 Å². The molecule has 3 aromatic heterocycles. The van der Waals surface area contributed by atoms with Gasteiger partial charge >= 0.3 is 0 Å². The molecule has 0 spiro atoms. The van der Waals surface area contributed by atoms with Crippen molar-refractivity contribution < 1.29 is 54.6 Å². The average molecular weight is 871 g/mol. The highest BCUT2D eigenvalue weighted by molar-refractivity contribution is 5.87. The first kappa shape index (κ1) is 49.6. The summed E-state index contributed by atoms with van der Waals surface area (Å²) in [5, 5.41) is 72.7. The van der Waals surface area contributed by atoms with Crippen LogP contribution in [0.25, 0.3) is 0 Å². The van der Waals surface area contributed by atoms with Gasteiger partial charge in [-0.2, -0.15) is 0 Å². The molecule has 338 valence electrons. The minimum atomic E-state index is -1.50. The topological polar surface area (TPSA) is 333 Å². The van der Waals surface area contributed by atoms with Crippen molar-refractivity contribution in [1.29, 1.82) is 0 Å². The Hall–Kier alpha value is -6.78.